The van der Waals surface area contributed by atoms with Crippen LogP contribution in [0.3, 0.4) is 0 Å². The average molecular weight is 216 g/mol. The Morgan fingerprint density at radius 2 is 1.53 bits per heavy atom. The quantitative estimate of drug-likeness (QED) is 0.682. The highest BCUT2D eigenvalue weighted by Gasteiger charge is 2.19. The summed E-state index contributed by atoms with van der Waals surface area (Å²) in [5, 5.41) is 5.27. The Balaban J connectivity index is 4.07. The van der Waals surface area contributed by atoms with Crippen molar-refractivity contribution in [2.24, 2.45) is 0 Å². The highest BCUT2D eigenvalue weighted by atomic mass is 16.5. The molecule has 2 amide bonds. The standard InChI is InChI=1S/C10H20N2O3/c1-6(2)11-9(13)7(3)12-10(14)8(4)15-5/h6-8H,1-5H3,(H,11,13)(H,12,14). The normalized spacial score (nSPS) is 14.5. The summed E-state index contributed by atoms with van der Waals surface area (Å²) in [7, 11) is 1.45. The molecule has 2 N–H and O–H groups in total. The molecule has 0 aromatic rings. The summed E-state index contributed by atoms with van der Waals surface area (Å²) in [6.07, 6.45) is -0.542. The molecule has 0 spiro atoms. The van der Waals surface area contributed by atoms with Gasteiger partial charge in [-0.25, -0.2) is 0 Å². The first kappa shape index (κ1) is 13.9. The number of hydrogen-bond donors (Lipinski definition) is 2. The molecule has 2 atom stereocenters. The topological polar surface area (TPSA) is 67.4 Å². The zero-order chi connectivity index (χ0) is 12.0. The van der Waals surface area contributed by atoms with E-state index in [0.717, 1.165) is 0 Å². The van der Waals surface area contributed by atoms with Crippen LogP contribution in [-0.4, -0.2) is 37.1 Å². The van der Waals surface area contributed by atoms with Crippen molar-refractivity contribution in [1.82, 2.24) is 10.6 Å². The first-order valence-corrected chi connectivity index (χ1v) is 5.02. The number of carbonyl (C=O) groups is 2. The maximum Gasteiger partial charge on any atom is 0.249 e. The highest BCUT2D eigenvalue weighted by Crippen LogP contribution is 1.91. The van der Waals surface area contributed by atoms with E-state index in [1.165, 1.54) is 7.11 Å². The molecule has 0 bridgehead atoms. The maximum absolute atomic E-state index is 11.4. The molecule has 15 heavy (non-hydrogen) atoms. The molecule has 0 saturated carbocycles. The zero-order valence-electron chi connectivity index (χ0n) is 9.96. The van der Waals surface area contributed by atoms with Gasteiger partial charge in [0.2, 0.25) is 11.8 Å². The first-order valence-electron chi connectivity index (χ1n) is 5.02. The molecular formula is C10H20N2O3. The van der Waals surface area contributed by atoms with Gasteiger partial charge in [-0.3, -0.25) is 9.59 Å². The summed E-state index contributed by atoms with van der Waals surface area (Å²) in [6, 6.07) is -0.478. The number of amides is 2. The molecule has 0 heterocycles. The minimum atomic E-state index is -0.544. The summed E-state index contributed by atoms with van der Waals surface area (Å²) in [4.78, 5) is 22.8. The number of methoxy groups -OCH3 is 1. The van der Waals surface area contributed by atoms with Gasteiger partial charge < -0.3 is 15.4 Å². The molecule has 0 rings (SSSR count). The monoisotopic (exact) mass is 216 g/mol. The molecule has 0 aromatic carbocycles. The molecule has 88 valence electrons. The molecule has 0 aliphatic carbocycles. The largest absolute Gasteiger partial charge is 0.372 e. The second-order valence-corrected chi connectivity index (χ2v) is 3.77. The predicted octanol–water partition coefficient (Wildman–Crippen LogP) is 0.0506. The lowest BCUT2D eigenvalue weighted by Gasteiger charge is -2.17. The third-order valence-electron chi connectivity index (χ3n) is 1.91. The van der Waals surface area contributed by atoms with E-state index in [4.69, 9.17) is 4.74 Å². The summed E-state index contributed by atoms with van der Waals surface area (Å²) in [6.45, 7) is 6.99. The van der Waals surface area contributed by atoms with Crippen molar-refractivity contribution in [2.45, 2.75) is 45.9 Å². The summed E-state index contributed by atoms with van der Waals surface area (Å²) >= 11 is 0. The van der Waals surface area contributed by atoms with Crippen molar-refractivity contribution in [3.63, 3.8) is 0 Å². The fourth-order valence-electron chi connectivity index (χ4n) is 0.913. The first-order chi connectivity index (χ1) is 6.88. The summed E-state index contributed by atoms with van der Waals surface area (Å²) in [5.74, 6) is -0.481. The van der Waals surface area contributed by atoms with E-state index in [1.54, 1.807) is 13.8 Å². The second-order valence-electron chi connectivity index (χ2n) is 3.77. The van der Waals surface area contributed by atoms with E-state index in [2.05, 4.69) is 10.6 Å². The van der Waals surface area contributed by atoms with E-state index in [1.807, 2.05) is 13.8 Å². The Morgan fingerprint density at radius 3 is 1.93 bits per heavy atom. The molecule has 0 aliphatic heterocycles. The van der Waals surface area contributed by atoms with E-state index in [0.29, 0.717) is 0 Å². The van der Waals surface area contributed by atoms with Gasteiger partial charge in [0.15, 0.2) is 0 Å². The Bertz CT molecular complexity index is 229. The average Bonchev–Trinajstić information content (AvgIpc) is 2.15. The number of rotatable bonds is 5. The molecule has 5 nitrogen and oxygen atoms in total. The van der Waals surface area contributed by atoms with Crippen molar-refractivity contribution in [1.29, 1.82) is 0 Å². The molecular weight excluding hydrogens is 196 g/mol. The van der Waals surface area contributed by atoms with Gasteiger partial charge in [-0.05, 0) is 27.7 Å². The van der Waals surface area contributed by atoms with Gasteiger partial charge in [0.1, 0.15) is 12.1 Å². The zero-order valence-corrected chi connectivity index (χ0v) is 9.96. The Hall–Kier alpha value is -1.10. The van der Waals surface area contributed by atoms with Gasteiger partial charge in [-0.15, -0.1) is 0 Å². The SMILES string of the molecule is COC(C)C(=O)NC(C)C(=O)NC(C)C. The van der Waals surface area contributed by atoms with E-state index in [9.17, 15) is 9.59 Å². The molecule has 0 radical (unpaired) electrons. The fraction of sp³-hybridized carbons (Fsp3) is 0.800. The number of carbonyl (C=O) groups excluding carboxylic acids is 2. The van der Waals surface area contributed by atoms with Gasteiger partial charge >= 0.3 is 0 Å². The van der Waals surface area contributed by atoms with Crippen LogP contribution < -0.4 is 10.6 Å². The minimum absolute atomic E-state index is 0.0664. The van der Waals surface area contributed by atoms with Gasteiger partial charge in [-0.2, -0.15) is 0 Å². The van der Waals surface area contributed by atoms with Crippen molar-refractivity contribution in [3.8, 4) is 0 Å². The number of ether oxygens (including phenoxy) is 1. The molecule has 2 unspecified atom stereocenters. The number of hydrogen-bond acceptors (Lipinski definition) is 3. The van der Waals surface area contributed by atoms with Gasteiger partial charge in [0.25, 0.3) is 0 Å². The van der Waals surface area contributed by atoms with Gasteiger partial charge in [0.05, 0.1) is 0 Å². The highest BCUT2D eigenvalue weighted by molar-refractivity contribution is 5.88. The lowest BCUT2D eigenvalue weighted by atomic mass is 10.2. The minimum Gasteiger partial charge on any atom is -0.372 e. The van der Waals surface area contributed by atoms with E-state index < -0.39 is 12.1 Å². The van der Waals surface area contributed by atoms with Crippen LogP contribution in [0.15, 0.2) is 0 Å². The smallest absolute Gasteiger partial charge is 0.249 e. The van der Waals surface area contributed by atoms with Crippen LogP contribution in [0.1, 0.15) is 27.7 Å². The molecule has 0 fully saturated rings. The van der Waals surface area contributed by atoms with E-state index in [-0.39, 0.29) is 17.9 Å². The molecule has 0 aromatic heterocycles. The van der Waals surface area contributed by atoms with Crippen LogP contribution in [0.4, 0.5) is 0 Å². The third-order valence-corrected chi connectivity index (χ3v) is 1.91. The Morgan fingerprint density at radius 1 is 1.00 bits per heavy atom. The molecule has 0 aliphatic rings. The third kappa shape index (κ3) is 5.37. The Labute approximate surface area is 90.6 Å². The van der Waals surface area contributed by atoms with Gasteiger partial charge in [0, 0.05) is 13.2 Å². The Kier molecular flexibility index (Phi) is 5.93. The van der Waals surface area contributed by atoms with Crippen LogP contribution in [0.25, 0.3) is 0 Å². The lowest BCUT2D eigenvalue weighted by Crippen LogP contribution is -2.49. The van der Waals surface area contributed by atoms with Crippen molar-refractivity contribution < 1.29 is 14.3 Å². The molecule has 0 saturated heterocycles. The van der Waals surface area contributed by atoms with Crippen LogP contribution in [-0.2, 0) is 14.3 Å². The van der Waals surface area contributed by atoms with Gasteiger partial charge in [-0.1, -0.05) is 0 Å². The van der Waals surface area contributed by atoms with Crippen LogP contribution in [0.5, 0.6) is 0 Å². The summed E-state index contributed by atoms with van der Waals surface area (Å²) in [5.41, 5.74) is 0. The van der Waals surface area contributed by atoms with Crippen molar-refractivity contribution >= 4 is 11.8 Å². The van der Waals surface area contributed by atoms with Crippen LogP contribution in [0, 0.1) is 0 Å². The predicted molar refractivity (Wildman–Crippen MR) is 57.4 cm³/mol. The number of nitrogens with one attached hydrogen (secondary N) is 2. The maximum atomic E-state index is 11.4. The molecule has 5 heteroatoms. The van der Waals surface area contributed by atoms with Crippen molar-refractivity contribution in [2.75, 3.05) is 7.11 Å². The van der Waals surface area contributed by atoms with Crippen LogP contribution in [0.2, 0.25) is 0 Å². The second kappa shape index (κ2) is 6.40. The lowest BCUT2D eigenvalue weighted by molar-refractivity contribution is -0.134. The van der Waals surface area contributed by atoms with Crippen LogP contribution >= 0.6 is 0 Å². The van der Waals surface area contributed by atoms with E-state index >= 15 is 0 Å². The summed E-state index contributed by atoms with van der Waals surface area (Å²) < 4.78 is 4.83. The van der Waals surface area contributed by atoms with Crippen molar-refractivity contribution in [3.05, 3.63) is 0 Å². The fourth-order valence-corrected chi connectivity index (χ4v) is 0.913.